The predicted octanol–water partition coefficient (Wildman–Crippen LogP) is 1.51. The standard InChI is InChI=1S/C14H16N4O/c1-9-12(8-17(2)16-9)14(19)18-6-5-10-7-11(15)3-4-13(10)18/h3-4,7-8H,5-6,15H2,1-2H3. The number of aryl methyl sites for hydroxylation is 2. The molecule has 98 valence electrons. The van der Waals surface area contributed by atoms with Crippen molar-refractivity contribution in [3.63, 3.8) is 0 Å². The van der Waals surface area contributed by atoms with E-state index in [1.54, 1.807) is 15.8 Å². The van der Waals surface area contributed by atoms with Gasteiger partial charge in [0.1, 0.15) is 0 Å². The molecule has 0 aliphatic carbocycles. The molecular weight excluding hydrogens is 240 g/mol. The minimum absolute atomic E-state index is 0.00845. The number of fused-ring (bicyclic) bond motifs is 1. The predicted molar refractivity (Wildman–Crippen MR) is 74.2 cm³/mol. The van der Waals surface area contributed by atoms with Crippen LogP contribution in [-0.4, -0.2) is 22.2 Å². The van der Waals surface area contributed by atoms with E-state index >= 15 is 0 Å². The molecule has 3 rings (SSSR count). The third-order valence-electron chi connectivity index (χ3n) is 3.49. The lowest BCUT2D eigenvalue weighted by molar-refractivity contribution is 0.0988. The second kappa shape index (κ2) is 4.12. The lowest BCUT2D eigenvalue weighted by Crippen LogP contribution is -2.29. The molecule has 0 unspecified atom stereocenters. The van der Waals surface area contributed by atoms with Gasteiger partial charge in [0.15, 0.2) is 0 Å². The number of amides is 1. The Morgan fingerprint density at radius 2 is 2.21 bits per heavy atom. The van der Waals surface area contributed by atoms with Gasteiger partial charge in [-0.15, -0.1) is 0 Å². The molecule has 2 heterocycles. The summed E-state index contributed by atoms with van der Waals surface area (Å²) >= 11 is 0. The van der Waals surface area contributed by atoms with Crippen LogP contribution >= 0.6 is 0 Å². The third kappa shape index (κ3) is 1.87. The van der Waals surface area contributed by atoms with E-state index in [1.165, 1.54) is 0 Å². The first-order valence-corrected chi connectivity index (χ1v) is 6.27. The van der Waals surface area contributed by atoms with E-state index in [1.807, 2.05) is 32.2 Å². The summed E-state index contributed by atoms with van der Waals surface area (Å²) in [5, 5.41) is 4.22. The van der Waals surface area contributed by atoms with Gasteiger partial charge < -0.3 is 10.6 Å². The van der Waals surface area contributed by atoms with E-state index in [9.17, 15) is 4.79 Å². The summed E-state index contributed by atoms with van der Waals surface area (Å²) in [6.07, 6.45) is 2.62. The van der Waals surface area contributed by atoms with Gasteiger partial charge in [0, 0.05) is 31.2 Å². The number of aromatic nitrogens is 2. The number of anilines is 2. The van der Waals surface area contributed by atoms with Gasteiger partial charge in [0.25, 0.3) is 5.91 Å². The SMILES string of the molecule is Cc1nn(C)cc1C(=O)N1CCc2cc(N)ccc21. The molecule has 1 aliphatic rings. The van der Waals surface area contributed by atoms with Gasteiger partial charge in [-0.05, 0) is 37.1 Å². The maximum atomic E-state index is 12.6. The maximum absolute atomic E-state index is 12.6. The van der Waals surface area contributed by atoms with Crippen LogP contribution in [0.1, 0.15) is 21.6 Å². The minimum Gasteiger partial charge on any atom is -0.399 e. The Kier molecular flexibility index (Phi) is 2.55. The van der Waals surface area contributed by atoms with Gasteiger partial charge in [0.05, 0.1) is 11.3 Å². The molecule has 0 saturated heterocycles. The highest BCUT2D eigenvalue weighted by atomic mass is 16.2. The highest BCUT2D eigenvalue weighted by Gasteiger charge is 2.27. The molecule has 5 heteroatoms. The molecule has 2 N–H and O–H groups in total. The summed E-state index contributed by atoms with van der Waals surface area (Å²) in [5.41, 5.74) is 10.0. The van der Waals surface area contributed by atoms with Crippen LogP contribution in [0.5, 0.6) is 0 Å². The first-order chi connectivity index (χ1) is 9.06. The minimum atomic E-state index is 0.00845. The van der Waals surface area contributed by atoms with Gasteiger partial charge in [-0.25, -0.2) is 0 Å². The molecule has 0 saturated carbocycles. The van der Waals surface area contributed by atoms with Gasteiger partial charge in [0.2, 0.25) is 0 Å². The van der Waals surface area contributed by atoms with Crippen molar-refractivity contribution in [2.45, 2.75) is 13.3 Å². The van der Waals surface area contributed by atoms with Crippen LogP contribution in [0, 0.1) is 6.92 Å². The zero-order valence-electron chi connectivity index (χ0n) is 11.1. The Morgan fingerprint density at radius 3 is 2.89 bits per heavy atom. The van der Waals surface area contributed by atoms with Crippen LogP contribution in [0.4, 0.5) is 11.4 Å². The number of carbonyl (C=O) groups is 1. The van der Waals surface area contributed by atoms with Gasteiger partial charge in [-0.1, -0.05) is 0 Å². The van der Waals surface area contributed by atoms with E-state index in [4.69, 9.17) is 5.73 Å². The molecule has 1 aliphatic heterocycles. The monoisotopic (exact) mass is 256 g/mol. The summed E-state index contributed by atoms with van der Waals surface area (Å²) in [7, 11) is 1.82. The zero-order chi connectivity index (χ0) is 13.6. The fourth-order valence-electron chi connectivity index (χ4n) is 2.59. The summed E-state index contributed by atoms with van der Waals surface area (Å²) < 4.78 is 1.67. The highest BCUT2D eigenvalue weighted by Crippen LogP contribution is 2.31. The molecule has 2 aromatic rings. The Bertz CT molecular complexity index is 659. The molecule has 1 amide bonds. The number of nitrogens with zero attached hydrogens (tertiary/aromatic N) is 3. The average molecular weight is 256 g/mol. The number of nitrogens with two attached hydrogens (primary N) is 1. The zero-order valence-corrected chi connectivity index (χ0v) is 11.1. The Balaban J connectivity index is 1.98. The second-order valence-corrected chi connectivity index (χ2v) is 4.90. The van der Waals surface area contributed by atoms with Crippen molar-refractivity contribution in [3.05, 3.63) is 41.2 Å². The number of carbonyl (C=O) groups excluding carboxylic acids is 1. The van der Waals surface area contributed by atoms with Crippen LogP contribution in [0.3, 0.4) is 0 Å². The van der Waals surface area contributed by atoms with E-state index in [-0.39, 0.29) is 5.91 Å². The van der Waals surface area contributed by atoms with Crippen molar-refractivity contribution in [2.24, 2.45) is 7.05 Å². The smallest absolute Gasteiger partial charge is 0.261 e. The number of hydrogen-bond donors (Lipinski definition) is 1. The molecular formula is C14H16N4O. The van der Waals surface area contributed by atoms with Crippen LogP contribution < -0.4 is 10.6 Å². The molecule has 1 aromatic carbocycles. The fraction of sp³-hybridized carbons (Fsp3) is 0.286. The Labute approximate surface area is 111 Å². The van der Waals surface area contributed by atoms with Crippen molar-refractivity contribution in [2.75, 3.05) is 17.2 Å². The van der Waals surface area contributed by atoms with Crippen molar-refractivity contribution < 1.29 is 4.79 Å². The van der Waals surface area contributed by atoms with E-state index in [0.717, 1.165) is 29.1 Å². The molecule has 0 atom stereocenters. The van der Waals surface area contributed by atoms with E-state index in [0.29, 0.717) is 12.1 Å². The quantitative estimate of drug-likeness (QED) is 0.787. The number of rotatable bonds is 1. The lowest BCUT2D eigenvalue weighted by atomic mass is 10.1. The second-order valence-electron chi connectivity index (χ2n) is 4.90. The van der Waals surface area contributed by atoms with Gasteiger partial charge in [-0.3, -0.25) is 9.48 Å². The summed E-state index contributed by atoms with van der Waals surface area (Å²) in [5.74, 6) is 0.00845. The molecule has 0 spiro atoms. The van der Waals surface area contributed by atoms with Crippen LogP contribution in [0.15, 0.2) is 24.4 Å². The number of benzene rings is 1. The van der Waals surface area contributed by atoms with Crippen molar-refractivity contribution in [3.8, 4) is 0 Å². The van der Waals surface area contributed by atoms with Crippen molar-refractivity contribution in [1.29, 1.82) is 0 Å². The molecule has 0 radical (unpaired) electrons. The first kappa shape index (κ1) is 11.8. The molecule has 0 bridgehead atoms. The van der Waals surface area contributed by atoms with Crippen LogP contribution in [-0.2, 0) is 13.5 Å². The largest absolute Gasteiger partial charge is 0.399 e. The normalized spacial score (nSPS) is 13.7. The average Bonchev–Trinajstić information content (AvgIpc) is 2.91. The highest BCUT2D eigenvalue weighted by molar-refractivity contribution is 6.07. The van der Waals surface area contributed by atoms with Crippen molar-refractivity contribution in [1.82, 2.24) is 9.78 Å². The molecule has 0 fully saturated rings. The van der Waals surface area contributed by atoms with Crippen LogP contribution in [0.2, 0.25) is 0 Å². The summed E-state index contributed by atoms with van der Waals surface area (Å²) in [6, 6.07) is 5.69. The Morgan fingerprint density at radius 1 is 1.42 bits per heavy atom. The van der Waals surface area contributed by atoms with Gasteiger partial charge >= 0.3 is 0 Å². The summed E-state index contributed by atoms with van der Waals surface area (Å²) in [6.45, 7) is 2.55. The summed E-state index contributed by atoms with van der Waals surface area (Å²) in [4.78, 5) is 14.4. The fourth-order valence-corrected chi connectivity index (χ4v) is 2.59. The van der Waals surface area contributed by atoms with E-state index < -0.39 is 0 Å². The van der Waals surface area contributed by atoms with Crippen LogP contribution in [0.25, 0.3) is 0 Å². The third-order valence-corrected chi connectivity index (χ3v) is 3.49. The molecule has 19 heavy (non-hydrogen) atoms. The molecule has 5 nitrogen and oxygen atoms in total. The molecule has 1 aromatic heterocycles. The van der Waals surface area contributed by atoms with Crippen molar-refractivity contribution >= 4 is 17.3 Å². The Hall–Kier alpha value is -2.30. The number of hydrogen-bond acceptors (Lipinski definition) is 3. The van der Waals surface area contributed by atoms with Gasteiger partial charge in [-0.2, -0.15) is 5.10 Å². The lowest BCUT2D eigenvalue weighted by Gasteiger charge is -2.16. The van der Waals surface area contributed by atoms with E-state index in [2.05, 4.69) is 5.10 Å². The topological polar surface area (TPSA) is 64.2 Å². The first-order valence-electron chi connectivity index (χ1n) is 6.27. The number of nitrogen functional groups attached to an aromatic ring is 1. The maximum Gasteiger partial charge on any atom is 0.261 e.